The third-order valence-corrected chi connectivity index (χ3v) is 2.84. The fourth-order valence-corrected chi connectivity index (χ4v) is 1.85. The lowest BCUT2D eigenvalue weighted by molar-refractivity contribution is -0.0328. The molecule has 0 aromatic heterocycles. The molecule has 1 N–H and O–H groups in total. The lowest BCUT2D eigenvalue weighted by Gasteiger charge is -2.27. The second-order valence-electron chi connectivity index (χ2n) is 3.45. The second kappa shape index (κ2) is 4.55. The fraction of sp³-hybridized carbons (Fsp3) is 0.400. The maximum absolute atomic E-state index is 12.0. The standard InChI is InChI=1S/C10H10F3NOS/c11-10(12,13)16-9-3-1-7(2-4-9)14-8-5-15-6-8/h1-4,8,14H,5-6H2. The van der Waals surface area contributed by atoms with Gasteiger partial charge in [-0.15, -0.1) is 0 Å². The molecule has 88 valence electrons. The molecule has 2 nitrogen and oxygen atoms in total. The minimum absolute atomic E-state index is 0.104. The number of halogens is 3. The van der Waals surface area contributed by atoms with Gasteiger partial charge in [-0.25, -0.2) is 0 Å². The summed E-state index contributed by atoms with van der Waals surface area (Å²) in [6.07, 6.45) is 0. The van der Waals surface area contributed by atoms with Gasteiger partial charge >= 0.3 is 5.51 Å². The van der Waals surface area contributed by atoms with Crippen LogP contribution in [0.2, 0.25) is 0 Å². The highest BCUT2D eigenvalue weighted by atomic mass is 32.2. The van der Waals surface area contributed by atoms with Gasteiger partial charge in [0, 0.05) is 10.6 Å². The summed E-state index contributed by atoms with van der Waals surface area (Å²) in [4.78, 5) is 0.197. The van der Waals surface area contributed by atoms with E-state index in [0.29, 0.717) is 13.2 Å². The Labute approximate surface area is 95.2 Å². The summed E-state index contributed by atoms with van der Waals surface area (Å²) in [5, 5.41) is 3.15. The SMILES string of the molecule is FC(F)(F)Sc1ccc(NC2COC2)cc1. The van der Waals surface area contributed by atoms with Crippen LogP contribution in [0.25, 0.3) is 0 Å². The molecule has 1 aromatic carbocycles. The Morgan fingerprint density at radius 1 is 1.19 bits per heavy atom. The van der Waals surface area contributed by atoms with E-state index in [2.05, 4.69) is 5.32 Å². The van der Waals surface area contributed by atoms with E-state index in [1.165, 1.54) is 12.1 Å². The topological polar surface area (TPSA) is 21.3 Å². The molecular weight excluding hydrogens is 239 g/mol. The predicted octanol–water partition coefficient (Wildman–Crippen LogP) is 3.11. The average Bonchev–Trinajstić information content (AvgIpc) is 2.11. The van der Waals surface area contributed by atoms with E-state index in [1.807, 2.05) is 0 Å². The second-order valence-corrected chi connectivity index (χ2v) is 4.59. The van der Waals surface area contributed by atoms with Gasteiger partial charge in [0.05, 0.1) is 19.3 Å². The molecule has 1 aliphatic rings. The van der Waals surface area contributed by atoms with Crippen LogP contribution in [0.3, 0.4) is 0 Å². The van der Waals surface area contributed by atoms with Crippen molar-refractivity contribution in [3.8, 4) is 0 Å². The zero-order valence-corrected chi connectivity index (χ0v) is 9.07. The maximum Gasteiger partial charge on any atom is 0.446 e. The highest BCUT2D eigenvalue weighted by molar-refractivity contribution is 8.00. The number of alkyl halides is 3. The lowest BCUT2D eigenvalue weighted by Crippen LogP contribution is -2.40. The average molecular weight is 249 g/mol. The number of rotatable bonds is 3. The van der Waals surface area contributed by atoms with Crippen molar-refractivity contribution in [2.75, 3.05) is 18.5 Å². The first-order valence-corrected chi connectivity index (χ1v) is 5.55. The summed E-state index contributed by atoms with van der Waals surface area (Å²) >= 11 is -0.104. The van der Waals surface area contributed by atoms with Gasteiger partial charge in [0.25, 0.3) is 0 Å². The fourth-order valence-electron chi connectivity index (χ4n) is 1.31. The summed E-state index contributed by atoms with van der Waals surface area (Å²) in [6, 6.07) is 6.49. The van der Waals surface area contributed by atoms with Crippen molar-refractivity contribution in [3.05, 3.63) is 24.3 Å². The van der Waals surface area contributed by atoms with Gasteiger partial charge in [0.2, 0.25) is 0 Å². The normalized spacial score (nSPS) is 16.9. The molecule has 1 heterocycles. The summed E-state index contributed by atoms with van der Waals surface area (Å²) in [5.41, 5.74) is -3.41. The molecule has 0 unspecified atom stereocenters. The Balaban J connectivity index is 1.93. The molecule has 2 rings (SSSR count). The molecule has 16 heavy (non-hydrogen) atoms. The van der Waals surface area contributed by atoms with Crippen molar-refractivity contribution in [1.82, 2.24) is 0 Å². The first kappa shape index (κ1) is 11.6. The van der Waals surface area contributed by atoms with Crippen molar-refractivity contribution in [2.24, 2.45) is 0 Å². The summed E-state index contributed by atoms with van der Waals surface area (Å²) in [5.74, 6) is 0. The Kier molecular flexibility index (Phi) is 3.30. The van der Waals surface area contributed by atoms with E-state index in [0.717, 1.165) is 5.69 Å². The predicted molar refractivity (Wildman–Crippen MR) is 56.6 cm³/mol. The van der Waals surface area contributed by atoms with E-state index in [-0.39, 0.29) is 22.7 Å². The third-order valence-electron chi connectivity index (χ3n) is 2.10. The molecule has 0 aliphatic carbocycles. The van der Waals surface area contributed by atoms with Gasteiger partial charge in [-0.3, -0.25) is 0 Å². The van der Waals surface area contributed by atoms with Gasteiger partial charge in [-0.2, -0.15) is 13.2 Å². The maximum atomic E-state index is 12.0. The number of nitrogens with one attached hydrogen (secondary N) is 1. The molecule has 0 atom stereocenters. The highest BCUT2D eigenvalue weighted by Crippen LogP contribution is 2.37. The number of anilines is 1. The van der Waals surface area contributed by atoms with Crippen LogP contribution in [0.4, 0.5) is 18.9 Å². The largest absolute Gasteiger partial charge is 0.446 e. The van der Waals surface area contributed by atoms with E-state index in [9.17, 15) is 13.2 Å². The Bertz CT molecular complexity index is 348. The van der Waals surface area contributed by atoms with Gasteiger partial charge < -0.3 is 10.1 Å². The minimum Gasteiger partial charge on any atom is -0.378 e. The first-order valence-electron chi connectivity index (χ1n) is 4.73. The van der Waals surface area contributed by atoms with E-state index in [1.54, 1.807) is 12.1 Å². The summed E-state index contributed by atoms with van der Waals surface area (Å²) in [7, 11) is 0. The number of hydrogen-bond acceptors (Lipinski definition) is 3. The van der Waals surface area contributed by atoms with Crippen LogP contribution in [-0.2, 0) is 4.74 Å². The Morgan fingerprint density at radius 3 is 2.25 bits per heavy atom. The van der Waals surface area contributed by atoms with Crippen LogP contribution < -0.4 is 5.32 Å². The Morgan fingerprint density at radius 2 is 1.81 bits per heavy atom. The van der Waals surface area contributed by atoms with Crippen molar-refractivity contribution in [3.63, 3.8) is 0 Å². The molecule has 0 bridgehead atoms. The van der Waals surface area contributed by atoms with Crippen molar-refractivity contribution in [2.45, 2.75) is 16.4 Å². The van der Waals surface area contributed by atoms with E-state index < -0.39 is 5.51 Å². The van der Waals surface area contributed by atoms with E-state index in [4.69, 9.17) is 4.74 Å². The van der Waals surface area contributed by atoms with Crippen molar-refractivity contribution >= 4 is 17.4 Å². The smallest absolute Gasteiger partial charge is 0.378 e. The number of hydrogen-bond donors (Lipinski definition) is 1. The third kappa shape index (κ3) is 3.31. The van der Waals surface area contributed by atoms with Crippen LogP contribution >= 0.6 is 11.8 Å². The van der Waals surface area contributed by atoms with Gasteiger partial charge in [0.1, 0.15) is 0 Å². The van der Waals surface area contributed by atoms with Crippen molar-refractivity contribution < 1.29 is 17.9 Å². The number of thioether (sulfide) groups is 1. The van der Waals surface area contributed by atoms with Crippen LogP contribution in [0, 0.1) is 0 Å². The zero-order chi connectivity index (χ0) is 11.6. The molecule has 0 spiro atoms. The summed E-state index contributed by atoms with van der Waals surface area (Å²) in [6.45, 7) is 1.30. The van der Waals surface area contributed by atoms with Gasteiger partial charge in [0.15, 0.2) is 0 Å². The molecule has 1 aromatic rings. The highest BCUT2D eigenvalue weighted by Gasteiger charge is 2.29. The molecule has 6 heteroatoms. The summed E-state index contributed by atoms with van der Waals surface area (Å²) < 4.78 is 41.1. The molecule has 0 radical (unpaired) electrons. The van der Waals surface area contributed by atoms with Crippen LogP contribution in [-0.4, -0.2) is 24.8 Å². The molecule has 1 saturated heterocycles. The first-order chi connectivity index (χ1) is 7.53. The van der Waals surface area contributed by atoms with Crippen molar-refractivity contribution in [1.29, 1.82) is 0 Å². The zero-order valence-electron chi connectivity index (χ0n) is 8.25. The minimum atomic E-state index is -4.23. The quantitative estimate of drug-likeness (QED) is 0.832. The Hall–Kier alpha value is -0.880. The van der Waals surface area contributed by atoms with Gasteiger partial charge in [-0.1, -0.05) is 0 Å². The lowest BCUT2D eigenvalue weighted by atomic mass is 10.2. The number of ether oxygens (including phenoxy) is 1. The molecular formula is C10H10F3NOS. The van der Waals surface area contributed by atoms with Crippen LogP contribution in [0.1, 0.15) is 0 Å². The number of benzene rings is 1. The molecule has 0 amide bonds. The van der Waals surface area contributed by atoms with Crippen LogP contribution in [0.5, 0.6) is 0 Å². The van der Waals surface area contributed by atoms with Crippen LogP contribution in [0.15, 0.2) is 29.2 Å². The molecule has 1 fully saturated rings. The molecule has 0 saturated carbocycles. The van der Waals surface area contributed by atoms with E-state index >= 15 is 0 Å². The monoisotopic (exact) mass is 249 g/mol. The van der Waals surface area contributed by atoms with Gasteiger partial charge in [-0.05, 0) is 36.0 Å². The molecule has 1 aliphatic heterocycles.